The molecule has 0 bridgehead atoms. The fraction of sp³-hybridized carbons (Fsp3) is 0.667. The third kappa shape index (κ3) is 6.15. The van der Waals surface area contributed by atoms with Gasteiger partial charge in [0.1, 0.15) is 0 Å². The minimum absolute atomic E-state index is 0.237. The molecule has 2 atom stereocenters. The van der Waals surface area contributed by atoms with Crippen LogP contribution in [-0.4, -0.2) is 37.6 Å². The van der Waals surface area contributed by atoms with E-state index in [4.69, 9.17) is 0 Å². The lowest BCUT2D eigenvalue weighted by atomic mass is 9.95. The molecule has 1 aromatic rings. The molecule has 23 heavy (non-hydrogen) atoms. The average Bonchev–Trinajstić information content (AvgIpc) is 2.80. The number of rotatable bonds is 8. The number of aliphatic hydroxyl groups is 1. The predicted octanol–water partition coefficient (Wildman–Crippen LogP) is 3.45. The molecule has 1 aliphatic rings. The molecule has 1 amide bonds. The topological polar surface area (TPSA) is 53.4 Å². The smallest absolute Gasteiger partial charge is 0.233 e. The van der Waals surface area contributed by atoms with E-state index in [2.05, 4.69) is 11.9 Å². The van der Waals surface area contributed by atoms with E-state index >= 15 is 0 Å². The molecule has 1 saturated heterocycles. The van der Waals surface area contributed by atoms with E-state index in [0.717, 1.165) is 31.2 Å². The largest absolute Gasteiger partial charge is 0.390 e. The zero-order valence-electron chi connectivity index (χ0n) is 14.4. The van der Waals surface area contributed by atoms with E-state index in [-0.39, 0.29) is 11.3 Å². The van der Waals surface area contributed by atoms with Crippen LogP contribution in [0.2, 0.25) is 0 Å². The average molecular weight is 337 g/mol. The number of aromatic nitrogens is 1. The van der Waals surface area contributed by atoms with Gasteiger partial charge >= 0.3 is 0 Å². The molecule has 0 aliphatic carbocycles. The molecule has 2 unspecified atom stereocenters. The van der Waals surface area contributed by atoms with E-state index in [9.17, 15) is 9.90 Å². The Hall–Kier alpha value is -1.07. The Balaban J connectivity index is 1.84. The summed E-state index contributed by atoms with van der Waals surface area (Å²) in [4.78, 5) is 18.2. The zero-order chi connectivity index (χ0) is 16.9. The fourth-order valence-electron chi connectivity index (χ4n) is 2.92. The Morgan fingerprint density at radius 2 is 2.13 bits per heavy atom. The summed E-state index contributed by atoms with van der Waals surface area (Å²) in [6.07, 6.45) is 7.52. The number of hydrogen-bond acceptors (Lipinski definition) is 4. The lowest BCUT2D eigenvalue weighted by Gasteiger charge is -2.27. The normalized spacial score (nSPS) is 20.1. The first-order valence-corrected chi connectivity index (χ1v) is 9.42. The van der Waals surface area contributed by atoms with E-state index in [0.29, 0.717) is 18.2 Å². The van der Waals surface area contributed by atoms with Crippen LogP contribution in [0.5, 0.6) is 0 Å². The molecule has 2 heterocycles. The summed E-state index contributed by atoms with van der Waals surface area (Å²) >= 11 is 1.76. The quantitative estimate of drug-likeness (QED) is 0.790. The van der Waals surface area contributed by atoms with E-state index < -0.39 is 5.60 Å². The second-order valence-electron chi connectivity index (χ2n) is 7.19. The summed E-state index contributed by atoms with van der Waals surface area (Å²) in [6.45, 7) is 6.65. The van der Waals surface area contributed by atoms with Crippen molar-refractivity contribution in [2.45, 2.75) is 64.0 Å². The molecule has 0 aromatic carbocycles. The zero-order valence-corrected chi connectivity index (χ0v) is 15.2. The lowest BCUT2D eigenvalue weighted by molar-refractivity contribution is -0.128. The molecule has 128 valence electrons. The molecule has 1 N–H and O–H groups in total. The van der Waals surface area contributed by atoms with Crippen LogP contribution in [0, 0.1) is 5.92 Å². The van der Waals surface area contributed by atoms with Gasteiger partial charge in [-0.3, -0.25) is 9.78 Å². The van der Waals surface area contributed by atoms with Gasteiger partial charge in [0, 0.05) is 18.9 Å². The molecule has 1 aromatic heterocycles. The van der Waals surface area contributed by atoms with Gasteiger partial charge in [-0.1, -0.05) is 19.8 Å². The highest BCUT2D eigenvalue weighted by Crippen LogP contribution is 2.32. The molecule has 4 nitrogen and oxygen atoms in total. The fourth-order valence-corrected chi connectivity index (χ4v) is 4.25. The summed E-state index contributed by atoms with van der Waals surface area (Å²) in [5, 5.41) is 10.1. The first-order chi connectivity index (χ1) is 10.8. The summed E-state index contributed by atoms with van der Waals surface area (Å²) in [7, 11) is 0. The summed E-state index contributed by atoms with van der Waals surface area (Å²) < 4.78 is 0. The van der Waals surface area contributed by atoms with Gasteiger partial charge in [-0.15, -0.1) is 11.8 Å². The van der Waals surface area contributed by atoms with Crippen LogP contribution in [0.15, 0.2) is 24.5 Å². The van der Waals surface area contributed by atoms with Crippen molar-refractivity contribution >= 4 is 17.7 Å². The lowest BCUT2D eigenvalue weighted by Crippen LogP contribution is -2.33. The van der Waals surface area contributed by atoms with Gasteiger partial charge in [0.05, 0.1) is 16.7 Å². The highest BCUT2D eigenvalue weighted by Gasteiger charge is 2.32. The Morgan fingerprint density at radius 1 is 1.43 bits per heavy atom. The van der Waals surface area contributed by atoms with Crippen molar-refractivity contribution in [3.8, 4) is 0 Å². The Kier molecular flexibility index (Phi) is 6.48. The van der Waals surface area contributed by atoms with Crippen LogP contribution in [0.25, 0.3) is 0 Å². The van der Waals surface area contributed by atoms with Crippen LogP contribution in [0.3, 0.4) is 0 Å². The molecule has 0 saturated carbocycles. The summed E-state index contributed by atoms with van der Waals surface area (Å²) in [5.41, 5.74) is 0.557. The Bertz CT molecular complexity index is 501. The van der Waals surface area contributed by atoms with E-state index in [1.807, 2.05) is 30.9 Å². The third-order valence-corrected chi connectivity index (χ3v) is 5.50. The van der Waals surface area contributed by atoms with Gasteiger partial charge in [-0.2, -0.15) is 0 Å². The van der Waals surface area contributed by atoms with Gasteiger partial charge < -0.3 is 10.0 Å². The van der Waals surface area contributed by atoms with Crippen molar-refractivity contribution in [2.75, 3.05) is 5.75 Å². The first-order valence-electron chi connectivity index (χ1n) is 8.37. The standard InChI is InChI=1S/C18H28N2O2S/c1-14(5-4-8-18(2,3)22)11-17-20(16(21)13-23-17)12-15-6-9-19-10-7-15/h6-7,9-10,14,17,22H,4-5,8,11-13H2,1-3H3. The van der Waals surface area contributed by atoms with Crippen molar-refractivity contribution in [1.82, 2.24) is 9.88 Å². The number of hydrogen-bond donors (Lipinski definition) is 1. The van der Waals surface area contributed by atoms with E-state index in [1.165, 1.54) is 0 Å². The molecule has 0 spiro atoms. The SMILES string of the molecule is CC(CCCC(C)(C)O)CC1SCC(=O)N1Cc1ccncc1. The first kappa shape index (κ1) is 18.3. The maximum Gasteiger partial charge on any atom is 0.233 e. The van der Waals surface area contributed by atoms with Gasteiger partial charge in [0.25, 0.3) is 0 Å². The number of pyridine rings is 1. The predicted molar refractivity (Wildman–Crippen MR) is 95.0 cm³/mol. The Labute approximate surface area is 143 Å². The van der Waals surface area contributed by atoms with Crippen LogP contribution in [0.1, 0.15) is 52.0 Å². The monoisotopic (exact) mass is 336 g/mol. The van der Waals surface area contributed by atoms with Gasteiger partial charge in [0.15, 0.2) is 0 Å². The second kappa shape index (κ2) is 8.15. The van der Waals surface area contributed by atoms with Gasteiger partial charge in [-0.05, 0) is 50.3 Å². The van der Waals surface area contributed by atoms with Crippen LogP contribution in [0.4, 0.5) is 0 Å². The molecule has 5 heteroatoms. The molecular formula is C18H28N2O2S. The second-order valence-corrected chi connectivity index (χ2v) is 8.35. The number of amides is 1. The van der Waals surface area contributed by atoms with E-state index in [1.54, 1.807) is 24.2 Å². The Morgan fingerprint density at radius 3 is 2.78 bits per heavy atom. The van der Waals surface area contributed by atoms with Crippen LogP contribution < -0.4 is 0 Å². The van der Waals surface area contributed by atoms with Crippen molar-refractivity contribution in [2.24, 2.45) is 5.92 Å². The molecular weight excluding hydrogens is 308 g/mol. The third-order valence-electron chi connectivity index (χ3n) is 4.26. The maximum absolute atomic E-state index is 12.2. The molecule has 1 aliphatic heterocycles. The highest BCUT2D eigenvalue weighted by molar-refractivity contribution is 8.00. The maximum atomic E-state index is 12.2. The number of carbonyl (C=O) groups is 1. The van der Waals surface area contributed by atoms with Crippen molar-refractivity contribution < 1.29 is 9.90 Å². The number of nitrogens with zero attached hydrogens (tertiary/aromatic N) is 2. The van der Waals surface area contributed by atoms with Gasteiger partial charge in [-0.25, -0.2) is 0 Å². The van der Waals surface area contributed by atoms with Crippen molar-refractivity contribution in [1.29, 1.82) is 0 Å². The summed E-state index contributed by atoms with van der Waals surface area (Å²) in [6, 6.07) is 3.94. The van der Waals surface area contributed by atoms with Crippen molar-refractivity contribution in [3.05, 3.63) is 30.1 Å². The highest BCUT2D eigenvalue weighted by atomic mass is 32.2. The minimum Gasteiger partial charge on any atom is -0.390 e. The number of thioether (sulfide) groups is 1. The van der Waals surface area contributed by atoms with Crippen LogP contribution >= 0.6 is 11.8 Å². The molecule has 2 rings (SSSR count). The summed E-state index contributed by atoms with van der Waals surface area (Å²) in [5.74, 6) is 1.38. The number of carbonyl (C=O) groups excluding carboxylic acids is 1. The minimum atomic E-state index is -0.578. The molecule has 1 fully saturated rings. The van der Waals surface area contributed by atoms with Gasteiger partial charge in [0.2, 0.25) is 5.91 Å². The molecule has 0 radical (unpaired) electrons. The van der Waals surface area contributed by atoms with Crippen LogP contribution in [-0.2, 0) is 11.3 Å². The van der Waals surface area contributed by atoms with Crippen molar-refractivity contribution in [3.63, 3.8) is 0 Å².